The molecule has 0 spiro atoms. The van der Waals surface area contributed by atoms with E-state index >= 15 is 0 Å². The third-order valence-electron chi connectivity index (χ3n) is 6.87. The topological polar surface area (TPSA) is 122 Å². The van der Waals surface area contributed by atoms with E-state index in [1.54, 1.807) is 0 Å². The summed E-state index contributed by atoms with van der Waals surface area (Å²) in [6, 6.07) is 8.05. The molecule has 2 fully saturated rings. The van der Waals surface area contributed by atoms with Gasteiger partial charge in [-0.2, -0.15) is 14.6 Å². The number of hydrogen-bond donors (Lipinski definition) is 4. The van der Waals surface area contributed by atoms with E-state index in [1.165, 1.54) is 0 Å². The van der Waals surface area contributed by atoms with Crippen molar-refractivity contribution in [3.8, 4) is 17.0 Å². The molecule has 1 amide bonds. The van der Waals surface area contributed by atoms with Gasteiger partial charge in [0.2, 0.25) is 5.88 Å². The fourth-order valence-electron chi connectivity index (χ4n) is 4.55. The van der Waals surface area contributed by atoms with Crippen molar-refractivity contribution in [2.24, 2.45) is 5.92 Å². The molecule has 10 heteroatoms. The van der Waals surface area contributed by atoms with Crippen molar-refractivity contribution in [2.45, 2.75) is 38.6 Å². The van der Waals surface area contributed by atoms with Gasteiger partial charge in [0.1, 0.15) is 12.4 Å². The van der Waals surface area contributed by atoms with Crippen molar-refractivity contribution >= 4 is 17.4 Å². The number of aliphatic hydroxyl groups is 1. The fraction of sp³-hybridized carbons (Fsp3) is 0.519. The average Bonchev–Trinajstić information content (AvgIpc) is 3.62. The molecule has 1 saturated heterocycles. The Morgan fingerprint density at radius 2 is 2.03 bits per heavy atom. The molecule has 3 heterocycles. The van der Waals surface area contributed by atoms with Crippen LogP contribution in [0.15, 0.2) is 30.5 Å². The summed E-state index contributed by atoms with van der Waals surface area (Å²) < 4.78 is 13.3. The van der Waals surface area contributed by atoms with Crippen molar-refractivity contribution in [3.63, 3.8) is 0 Å². The molecule has 1 aliphatic heterocycles. The normalized spacial score (nSPS) is 16.2. The van der Waals surface area contributed by atoms with Crippen LogP contribution in [0.4, 0.5) is 5.82 Å². The highest BCUT2D eigenvalue weighted by molar-refractivity contribution is 5.97. The van der Waals surface area contributed by atoms with Gasteiger partial charge >= 0.3 is 0 Å². The number of fused-ring (bicyclic) bond motifs is 1. The van der Waals surface area contributed by atoms with Crippen molar-refractivity contribution in [1.82, 2.24) is 25.2 Å². The highest BCUT2D eigenvalue weighted by atomic mass is 16.5. The van der Waals surface area contributed by atoms with Crippen LogP contribution in [0.5, 0.6) is 5.88 Å². The van der Waals surface area contributed by atoms with Crippen LogP contribution in [0, 0.1) is 12.8 Å². The Morgan fingerprint density at radius 1 is 1.19 bits per heavy atom. The molecule has 0 bridgehead atoms. The zero-order valence-corrected chi connectivity index (χ0v) is 21.3. The van der Waals surface area contributed by atoms with Crippen LogP contribution in [-0.4, -0.2) is 77.7 Å². The number of ether oxygens (including phenoxy) is 2. The summed E-state index contributed by atoms with van der Waals surface area (Å²) in [4.78, 5) is 17.4. The van der Waals surface area contributed by atoms with Gasteiger partial charge in [-0.1, -0.05) is 12.1 Å². The Morgan fingerprint density at radius 3 is 2.78 bits per heavy atom. The summed E-state index contributed by atoms with van der Waals surface area (Å²) >= 11 is 0. The molecule has 198 valence electrons. The summed E-state index contributed by atoms with van der Waals surface area (Å²) in [5.41, 5.74) is 4.11. The standard InChI is InChI=1S/C27H36N6O4/c1-18-14-20(2-5-22(18)27(35)31-21-3-4-21)23-17-30-33-24(29-16-19-6-11-36-12-7-19)15-25(32-26(23)33)37-13-9-28-8-10-34/h2,5,14-15,17,19,21,28-29,34H,3-4,6-13,16H2,1H3,(H,31,35). The first-order chi connectivity index (χ1) is 18.1. The molecule has 10 nitrogen and oxygen atoms in total. The number of aromatic nitrogens is 3. The van der Waals surface area contributed by atoms with E-state index in [-0.39, 0.29) is 12.5 Å². The second-order valence-electron chi connectivity index (χ2n) is 9.81. The van der Waals surface area contributed by atoms with E-state index in [0.717, 1.165) is 68.0 Å². The van der Waals surface area contributed by atoms with E-state index in [4.69, 9.17) is 19.6 Å². The van der Waals surface area contributed by atoms with Gasteiger partial charge in [0.05, 0.1) is 12.8 Å². The maximum atomic E-state index is 12.6. The second-order valence-corrected chi connectivity index (χ2v) is 9.81. The fourth-order valence-corrected chi connectivity index (χ4v) is 4.55. The van der Waals surface area contributed by atoms with Gasteiger partial charge in [0.15, 0.2) is 5.65 Å². The van der Waals surface area contributed by atoms with Crippen molar-refractivity contribution in [3.05, 3.63) is 41.6 Å². The van der Waals surface area contributed by atoms with Crippen molar-refractivity contribution in [1.29, 1.82) is 0 Å². The molecule has 0 radical (unpaired) electrons. The number of carbonyl (C=O) groups excluding carboxylic acids is 1. The number of amides is 1. The second kappa shape index (κ2) is 11.9. The third-order valence-corrected chi connectivity index (χ3v) is 6.87. The zero-order valence-electron chi connectivity index (χ0n) is 21.3. The highest BCUT2D eigenvalue weighted by Gasteiger charge is 2.25. The van der Waals surface area contributed by atoms with E-state index < -0.39 is 0 Å². The number of anilines is 1. The average molecular weight is 509 g/mol. The number of nitrogens with zero attached hydrogens (tertiary/aromatic N) is 3. The largest absolute Gasteiger partial charge is 0.476 e. The summed E-state index contributed by atoms with van der Waals surface area (Å²) in [6.45, 7) is 6.02. The van der Waals surface area contributed by atoms with Gasteiger partial charge < -0.3 is 30.5 Å². The van der Waals surface area contributed by atoms with E-state index in [9.17, 15) is 4.79 Å². The zero-order chi connectivity index (χ0) is 25.6. The lowest BCUT2D eigenvalue weighted by Crippen LogP contribution is -2.26. The van der Waals surface area contributed by atoms with Gasteiger partial charge in [-0.05, 0) is 55.7 Å². The molecule has 2 aliphatic rings. The number of aliphatic hydroxyl groups excluding tert-OH is 1. The lowest BCUT2D eigenvalue weighted by Gasteiger charge is -2.23. The summed E-state index contributed by atoms with van der Waals surface area (Å²) in [7, 11) is 0. The predicted molar refractivity (Wildman–Crippen MR) is 141 cm³/mol. The molecular formula is C27H36N6O4. The van der Waals surface area contributed by atoms with Crippen LogP contribution in [0.2, 0.25) is 0 Å². The number of nitrogens with one attached hydrogen (secondary N) is 3. The minimum absolute atomic E-state index is 0.0189. The van der Waals surface area contributed by atoms with Gasteiger partial charge in [0, 0.05) is 56.1 Å². The molecule has 1 aliphatic carbocycles. The van der Waals surface area contributed by atoms with E-state index in [0.29, 0.717) is 48.7 Å². The number of rotatable bonds is 12. The monoisotopic (exact) mass is 508 g/mol. The first-order valence-electron chi connectivity index (χ1n) is 13.2. The summed E-state index contributed by atoms with van der Waals surface area (Å²) in [6.07, 6.45) is 6.00. The highest BCUT2D eigenvalue weighted by Crippen LogP contribution is 2.30. The van der Waals surface area contributed by atoms with Crippen molar-refractivity contribution in [2.75, 3.05) is 51.4 Å². The molecule has 1 aromatic carbocycles. The van der Waals surface area contributed by atoms with Gasteiger partial charge in [-0.25, -0.2) is 0 Å². The van der Waals surface area contributed by atoms with E-state index in [1.807, 2.05) is 41.9 Å². The lowest BCUT2D eigenvalue weighted by atomic mass is 10.0. The molecule has 4 N–H and O–H groups in total. The number of hydrogen-bond acceptors (Lipinski definition) is 8. The first-order valence-corrected chi connectivity index (χ1v) is 13.2. The SMILES string of the molecule is Cc1cc(-c2cnn3c(NCC4CCOCC4)cc(OCCNCCO)nc23)ccc1C(=O)NC1CC1. The van der Waals surface area contributed by atoms with Gasteiger partial charge in [-0.3, -0.25) is 4.79 Å². The number of benzene rings is 1. The molecule has 5 rings (SSSR count). The molecule has 0 atom stereocenters. The predicted octanol–water partition coefficient (Wildman–Crippen LogP) is 2.40. The maximum absolute atomic E-state index is 12.6. The quantitative estimate of drug-likeness (QED) is 0.275. The Bertz CT molecular complexity index is 1220. The summed E-state index contributed by atoms with van der Waals surface area (Å²) in [5.74, 6) is 1.84. The third kappa shape index (κ3) is 6.38. The molecular weight excluding hydrogens is 472 g/mol. The van der Waals surface area contributed by atoms with Gasteiger partial charge in [-0.15, -0.1) is 0 Å². The van der Waals surface area contributed by atoms with Crippen LogP contribution in [0.3, 0.4) is 0 Å². The molecule has 3 aromatic rings. The lowest BCUT2D eigenvalue weighted by molar-refractivity contribution is 0.0699. The summed E-state index contributed by atoms with van der Waals surface area (Å²) in [5, 5.41) is 23.3. The Kier molecular flexibility index (Phi) is 8.18. The van der Waals surface area contributed by atoms with E-state index in [2.05, 4.69) is 21.0 Å². The Hall–Kier alpha value is -3.21. The molecule has 2 aromatic heterocycles. The molecule has 0 unspecified atom stereocenters. The van der Waals surface area contributed by atoms with Crippen LogP contribution >= 0.6 is 0 Å². The minimum atomic E-state index is -0.0189. The first kappa shape index (κ1) is 25.4. The van der Waals surface area contributed by atoms with Crippen LogP contribution in [0.1, 0.15) is 41.6 Å². The minimum Gasteiger partial charge on any atom is -0.476 e. The van der Waals surface area contributed by atoms with Crippen LogP contribution < -0.4 is 20.7 Å². The number of aryl methyl sites for hydroxylation is 1. The Labute approximate surface area is 216 Å². The van der Waals surface area contributed by atoms with Gasteiger partial charge in [0.25, 0.3) is 5.91 Å². The smallest absolute Gasteiger partial charge is 0.251 e. The maximum Gasteiger partial charge on any atom is 0.251 e. The van der Waals surface area contributed by atoms with Crippen LogP contribution in [-0.2, 0) is 4.74 Å². The Balaban J connectivity index is 1.40. The van der Waals surface area contributed by atoms with Crippen LogP contribution in [0.25, 0.3) is 16.8 Å². The number of carbonyl (C=O) groups is 1. The van der Waals surface area contributed by atoms with Crippen molar-refractivity contribution < 1.29 is 19.4 Å². The molecule has 1 saturated carbocycles. The molecule has 37 heavy (non-hydrogen) atoms.